The van der Waals surface area contributed by atoms with Gasteiger partial charge in [-0.25, -0.2) is 4.68 Å². The third kappa shape index (κ3) is 4.79. The van der Waals surface area contributed by atoms with Crippen LogP contribution in [-0.4, -0.2) is 70.2 Å². The lowest BCUT2D eigenvalue weighted by molar-refractivity contribution is -0.128. The van der Waals surface area contributed by atoms with Gasteiger partial charge >= 0.3 is 0 Å². The summed E-state index contributed by atoms with van der Waals surface area (Å²) in [6.07, 6.45) is 5.71. The molecule has 2 heterocycles. The highest BCUT2D eigenvalue weighted by Crippen LogP contribution is 2.20. The van der Waals surface area contributed by atoms with Crippen LogP contribution in [0.2, 0.25) is 0 Å². The Bertz CT molecular complexity index is 938. The lowest BCUT2D eigenvalue weighted by Gasteiger charge is -2.33. The van der Waals surface area contributed by atoms with E-state index in [0.717, 1.165) is 48.6 Å². The summed E-state index contributed by atoms with van der Waals surface area (Å²) in [6, 6.07) is 10.4. The Kier molecular flexibility index (Phi) is 5.99. The average Bonchev–Trinajstić information content (AvgIpc) is 3.51. The Morgan fingerprint density at radius 2 is 1.80 bits per heavy atom. The molecule has 2 fully saturated rings. The Hall–Kier alpha value is -2.93. The number of rotatable bonds is 6. The van der Waals surface area contributed by atoms with Gasteiger partial charge < -0.3 is 10.2 Å². The predicted molar refractivity (Wildman–Crippen MR) is 116 cm³/mol. The average molecular weight is 408 g/mol. The molecular formula is C23H29N5O2. The van der Waals surface area contributed by atoms with Gasteiger partial charge in [0.05, 0.1) is 17.9 Å². The summed E-state index contributed by atoms with van der Waals surface area (Å²) >= 11 is 0. The third-order valence-electron chi connectivity index (χ3n) is 5.73. The molecule has 2 amide bonds. The van der Waals surface area contributed by atoms with E-state index >= 15 is 0 Å². The zero-order chi connectivity index (χ0) is 21.1. The number of hydrogen-bond donors (Lipinski definition) is 1. The Morgan fingerprint density at radius 3 is 2.47 bits per heavy atom. The van der Waals surface area contributed by atoms with Crippen molar-refractivity contribution in [3.63, 3.8) is 0 Å². The van der Waals surface area contributed by atoms with E-state index in [-0.39, 0.29) is 11.8 Å². The minimum absolute atomic E-state index is 0.00310. The molecule has 1 aliphatic carbocycles. The van der Waals surface area contributed by atoms with Gasteiger partial charge in [-0.2, -0.15) is 5.10 Å². The summed E-state index contributed by atoms with van der Waals surface area (Å²) < 4.78 is 1.91. The second kappa shape index (κ2) is 8.83. The summed E-state index contributed by atoms with van der Waals surface area (Å²) in [5.41, 5.74) is 3.88. The van der Waals surface area contributed by atoms with Crippen molar-refractivity contribution in [1.29, 1.82) is 0 Å². The van der Waals surface area contributed by atoms with E-state index in [1.165, 1.54) is 0 Å². The molecule has 1 N–H and O–H groups in total. The first-order valence-electron chi connectivity index (χ1n) is 10.6. The molecule has 1 aliphatic heterocycles. The van der Waals surface area contributed by atoms with Crippen LogP contribution < -0.4 is 5.32 Å². The van der Waals surface area contributed by atoms with Gasteiger partial charge in [0.15, 0.2) is 0 Å². The highest BCUT2D eigenvalue weighted by atomic mass is 16.2. The van der Waals surface area contributed by atoms with Crippen LogP contribution in [0.1, 0.15) is 29.8 Å². The first-order chi connectivity index (χ1) is 14.5. The number of carbonyl (C=O) groups excluding carboxylic acids is 2. The SMILES string of the molecule is Cc1nn(-c2ccccc2)c(C)c1C=CC(=O)N1CCN(CC(=O)NC2CC2)CC1. The molecule has 7 nitrogen and oxygen atoms in total. The quantitative estimate of drug-likeness (QED) is 0.743. The van der Waals surface area contributed by atoms with Crippen LogP contribution in [0.5, 0.6) is 0 Å². The van der Waals surface area contributed by atoms with Crippen molar-refractivity contribution >= 4 is 17.9 Å². The summed E-state index contributed by atoms with van der Waals surface area (Å²) in [5.74, 6) is 0.0990. The molecule has 0 radical (unpaired) electrons. The van der Waals surface area contributed by atoms with E-state index in [2.05, 4.69) is 15.3 Å². The minimum atomic E-state index is 0.00310. The zero-order valence-corrected chi connectivity index (χ0v) is 17.7. The van der Waals surface area contributed by atoms with Gasteiger partial charge in [0.2, 0.25) is 11.8 Å². The van der Waals surface area contributed by atoms with Gasteiger partial charge in [-0.05, 0) is 44.9 Å². The van der Waals surface area contributed by atoms with Crippen molar-refractivity contribution < 1.29 is 9.59 Å². The standard InChI is InChI=1S/C23H29N5O2/c1-17-21(18(2)28(25-17)20-6-4-3-5-7-20)10-11-23(30)27-14-12-26(13-15-27)16-22(29)24-19-8-9-19/h3-7,10-11,19H,8-9,12-16H2,1-2H3,(H,24,29). The highest BCUT2D eigenvalue weighted by molar-refractivity contribution is 5.92. The molecule has 2 aliphatic rings. The maximum atomic E-state index is 12.7. The van der Waals surface area contributed by atoms with Crippen molar-refractivity contribution in [2.24, 2.45) is 0 Å². The number of aryl methyl sites for hydroxylation is 1. The molecule has 1 saturated heterocycles. The van der Waals surface area contributed by atoms with Crippen LogP contribution in [0.15, 0.2) is 36.4 Å². The highest BCUT2D eigenvalue weighted by Gasteiger charge is 2.26. The predicted octanol–water partition coefficient (Wildman–Crippen LogP) is 1.93. The van der Waals surface area contributed by atoms with Gasteiger partial charge in [0, 0.05) is 49.6 Å². The van der Waals surface area contributed by atoms with E-state index in [4.69, 9.17) is 0 Å². The van der Waals surface area contributed by atoms with E-state index < -0.39 is 0 Å². The molecule has 4 rings (SSSR count). The maximum Gasteiger partial charge on any atom is 0.246 e. The van der Waals surface area contributed by atoms with Crippen molar-refractivity contribution in [2.75, 3.05) is 32.7 Å². The van der Waals surface area contributed by atoms with Crippen LogP contribution in [-0.2, 0) is 9.59 Å². The summed E-state index contributed by atoms with van der Waals surface area (Å²) in [5, 5.41) is 7.65. The van der Waals surface area contributed by atoms with Gasteiger partial charge in [0.25, 0.3) is 0 Å². The van der Waals surface area contributed by atoms with Gasteiger partial charge in [-0.15, -0.1) is 0 Å². The summed E-state index contributed by atoms with van der Waals surface area (Å²) in [6.45, 7) is 7.13. The van der Waals surface area contributed by atoms with Gasteiger partial charge in [-0.3, -0.25) is 14.5 Å². The number of aromatic nitrogens is 2. The van der Waals surface area contributed by atoms with E-state index in [0.29, 0.717) is 25.7 Å². The normalized spacial score (nSPS) is 17.5. The fraction of sp³-hybridized carbons (Fsp3) is 0.435. The largest absolute Gasteiger partial charge is 0.352 e. The maximum absolute atomic E-state index is 12.7. The molecule has 158 valence electrons. The van der Waals surface area contributed by atoms with Crippen molar-refractivity contribution in [3.8, 4) is 5.69 Å². The summed E-state index contributed by atoms with van der Waals surface area (Å²) in [7, 11) is 0. The molecule has 0 bridgehead atoms. The molecule has 0 unspecified atom stereocenters. The monoisotopic (exact) mass is 407 g/mol. The molecule has 7 heteroatoms. The molecule has 2 aromatic rings. The number of benzene rings is 1. The van der Waals surface area contributed by atoms with Crippen LogP contribution in [0.3, 0.4) is 0 Å². The number of carbonyl (C=O) groups is 2. The zero-order valence-electron chi connectivity index (χ0n) is 17.7. The molecule has 0 spiro atoms. The number of para-hydroxylation sites is 1. The molecule has 1 aromatic carbocycles. The number of nitrogens with one attached hydrogen (secondary N) is 1. The number of nitrogens with zero attached hydrogens (tertiary/aromatic N) is 4. The Labute approximate surface area is 177 Å². The lowest BCUT2D eigenvalue weighted by Crippen LogP contribution is -2.51. The molecular weight excluding hydrogens is 378 g/mol. The van der Waals surface area contributed by atoms with Crippen molar-refractivity contribution in [3.05, 3.63) is 53.4 Å². The number of piperazine rings is 1. The smallest absolute Gasteiger partial charge is 0.246 e. The van der Waals surface area contributed by atoms with Gasteiger partial charge in [0.1, 0.15) is 0 Å². The summed E-state index contributed by atoms with van der Waals surface area (Å²) in [4.78, 5) is 28.6. The van der Waals surface area contributed by atoms with Crippen molar-refractivity contribution in [2.45, 2.75) is 32.7 Å². The lowest BCUT2D eigenvalue weighted by atomic mass is 10.1. The fourth-order valence-corrected chi connectivity index (χ4v) is 3.81. The molecule has 0 atom stereocenters. The van der Waals surface area contributed by atoms with Crippen LogP contribution in [0, 0.1) is 13.8 Å². The minimum Gasteiger partial charge on any atom is -0.352 e. The number of amides is 2. The van der Waals surface area contributed by atoms with Crippen LogP contribution in [0.4, 0.5) is 0 Å². The Balaban J connectivity index is 1.33. The number of hydrogen-bond acceptors (Lipinski definition) is 4. The second-order valence-electron chi connectivity index (χ2n) is 8.11. The van der Waals surface area contributed by atoms with Crippen molar-refractivity contribution in [1.82, 2.24) is 24.9 Å². The topological polar surface area (TPSA) is 70.5 Å². The van der Waals surface area contributed by atoms with E-state index in [1.807, 2.05) is 59.8 Å². The van der Waals surface area contributed by atoms with Crippen LogP contribution in [0.25, 0.3) is 11.8 Å². The van der Waals surface area contributed by atoms with Gasteiger partial charge in [-0.1, -0.05) is 18.2 Å². The molecule has 30 heavy (non-hydrogen) atoms. The van der Waals surface area contributed by atoms with E-state index in [1.54, 1.807) is 6.08 Å². The third-order valence-corrected chi connectivity index (χ3v) is 5.73. The first-order valence-corrected chi connectivity index (χ1v) is 10.6. The fourth-order valence-electron chi connectivity index (χ4n) is 3.81. The van der Waals surface area contributed by atoms with E-state index in [9.17, 15) is 9.59 Å². The Morgan fingerprint density at radius 1 is 1.10 bits per heavy atom. The second-order valence-corrected chi connectivity index (χ2v) is 8.11. The first kappa shape index (κ1) is 20.3. The molecule has 1 aromatic heterocycles. The van der Waals surface area contributed by atoms with Crippen LogP contribution >= 0.6 is 0 Å². The molecule has 1 saturated carbocycles.